The van der Waals surface area contributed by atoms with Gasteiger partial charge in [0.25, 0.3) is 0 Å². The summed E-state index contributed by atoms with van der Waals surface area (Å²) in [6.45, 7) is 4.06. The number of thioether (sulfide) groups is 1. The molecule has 0 bridgehead atoms. The van der Waals surface area contributed by atoms with Gasteiger partial charge >= 0.3 is 6.09 Å². The molecule has 3 rings (SSSR count). The Morgan fingerprint density at radius 1 is 1.60 bits per heavy atom. The number of cyclic esters (lactones) is 1. The van der Waals surface area contributed by atoms with E-state index in [1.54, 1.807) is 16.2 Å². The number of carbonyl (C=O) groups excluding carboxylic acids is 2. The highest BCUT2D eigenvalue weighted by Crippen LogP contribution is 2.24. The lowest BCUT2D eigenvalue weighted by molar-refractivity contribution is -0.130. The lowest BCUT2D eigenvalue weighted by atomic mass is 10.2. The molecule has 20 heavy (non-hydrogen) atoms. The van der Waals surface area contributed by atoms with E-state index in [0.717, 1.165) is 10.0 Å². The van der Waals surface area contributed by atoms with Crippen molar-refractivity contribution in [3.05, 3.63) is 11.1 Å². The molecule has 0 N–H and O–H groups in total. The SMILES string of the molecule is Cc1csc(SCC(=O)N2CCN3C(=O)OC[C@H]3C2)n1. The summed E-state index contributed by atoms with van der Waals surface area (Å²) in [5.41, 5.74) is 0.986. The first-order valence-corrected chi connectivity index (χ1v) is 8.26. The van der Waals surface area contributed by atoms with E-state index in [2.05, 4.69) is 4.98 Å². The lowest BCUT2D eigenvalue weighted by Crippen LogP contribution is -2.54. The number of ether oxygens (including phenoxy) is 1. The molecule has 2 fully saturated rings. The van der Waals surface area contributed by atoms with E-state index in [-0.39, 0.29) is 18.0 Å². The number of thiazole rings is 1. The molecule has 3 heterocycles. The second-order valence-corrected chi connectivity index (χ2v) is 6.89. The Hall–Kier alpha value is -1.28. The molecule has 2 saturated heterocycles. The van der Waals surface area contributed by atoms with Crippen molar-refractivity contribution in [1.82, 2.24) is 14.8 Å². The number of hydrogen-bond acceptors (Lipinski definition) is 6. The average molecular weight is 313 g/mol. The fourth-order valence-corrected chi connectivity index (χ4v) is 4.08. The van der Waals surface area contributed by atoms with Crippen LogP contribution < -0.4 is 0 Å². The van der Waals surface area contributed by atoms with Crippen molar-refractivity contribution in [2.24, 2.45) is 0 Å². The third kappa shape index (κ3) is 2.76. The Morgan fingerprint density at radius 3 is 3.20 bits per heavy atom. The van der Waals surface area contributed by atoms with E-state index in [4.69, 9.17) is 4.74 Å². The van der Waals surface area contributed by atoms with Gasteiger partial charge in [-0.25, -0.2) is 9.78 Å². The molecule has 2 aliphatic rings. The predicted molar refractivity (Wildman–Crippen MR) is 76.0 cm³/mol. The summed E-state index contributed by atoms with van der Waals surface area (Å²) < 4.78 is 5.92. The number of amides is 2. The van der Waals surface area contributed by atoms with Crippen LogP contribution in [0.5, 0.6) is 0 Å². The van der Waals surface area contributed by atoms with Crippen LogP contribution in [0.15, 0.2) is 9.72 Å². The van der Waals surface area contributed by atoms with Crippen LogP contribution in [-0.4, -0.2) is 64.8 Å². The summed E-state index contributed by atoms with van der Waals surface area (Å²) in [6, 6.07) is 0.0207. The highest BCUT2D eigenvalue weighted by molar-refractivity contribution is 8.01. The zero-order valence-electron chi connectivity index (χ0n) is 11.1. The van der Waals surface area contributed by atoms with E-state index >= 15 is 0 Å². The first-order valence-electron chi connectivity index (χ1n) is 6.39. The van der Waals surface area contributed by atoms with Crippen LogP contribution in [0.1, 0.15) is 5.69 Å². The van der Waals surface area contributed by atoms with E-state index in [1.807, 2.05) is 17.2 Å². The molecule has 0 saturated carbocycles. The number of piperazine rings is 1. The number of nitrogens with zero attached hydrogens (tertiary/aromatic N) is 3. The number of aryl methyl sites for hydroxylation is 1. The van der Waals surface area contributed by atoms with Gasteiger partial charge in [-0.15, -0.1) is 11.3 Å². The Morgan fingerprint density at radius 2 is 2.45 bits per heavy atom. The highest BCUT2D eigenvalue weighted by Gasteiger charge is 2.38. The predicted octanol–water partition coefficient (Wildman–Crippen LogP) is 1.21. The van der Waals surface area contributed by atoms with Crippen molar-refractivity contribution in [2.75, 3.05) is 32.0 Å². The molecule has 6 nitrogen and oxygen atoms in total. The molecule has 0 unspecified atom stereocenters. The highest BCUT2D eigenvalue weighted by atomic mass is 32.2. The molecule has 0 spiro atoms. The molecular formula is C12H15N3O3S2. The van der Waals surface area contributed by atoms with Gasteiger partial charge in [-0.05, 0) is 6.92 Å². The van der Waals surface area contributed by atoms with Crippen LogP contribution in [0, 0.1) is 6.92 Å². The van der Waals surface area contributed by atoms with Gasteiger partial charge < -0.3 is 9.64 Å². The summed E-state index contributed by atoms with van der Waals surface area (Å²) in [5.74, 6) is 0.496. The van der Waals surface area contributed by atoms with Crippen molar-refractivity contribution in [1.29, 1.82) is 0 Å². The Bertz CT molecular complexity index is 534. The van der Waals surface area contributed by atoms with Gasteiger partial charge in [0.1, 0.15) is 6.61 Å². The normalized spacial score (nSPS) is 21.9. The second-order valence-electron chi connectivity index (χ2n) is 4.81. The molecule has 1 aromatic heterocycles. The average Bonchev–Trinajstić information content (AvgIpc) is 3.02. The van der Waals surface area contributed by atoms with Crippen molar-refractivity contribution in [3.63, 3.8) is 0 Å². The molecule has 1 aromatic rings. The minimum absolute atomic E-state index is 0.0207. The second kappa shape index (κ2) is 5.61. The molecule has 108 valence electrons. The Kier molecular flexibility index (Phi) is 3.84. The molecule has 1 atom stereocenters. The summed E-state index contributed by atoms with van der Waals surface area (Å²) >= 11 is 3.04. The minimum Gasteiger partial charge on any atom is -0.447 e. The van der Waals surface area contributed by atoms with E-state index in [1.165, 1.54) is 11.8 Å². The standard InChI is InChI=1S/C12H15N3O3S2/c1-8-6-19-11(13-8)20-7-10(16)14-2-3-15-9(4-14)5-18-12(15)17/h6,9H,2-5,7H2,1H3/t9-/m1/s1. The fraction of sp³-hybridized carbons (Fsp3) is 0.583. The summed E-state index contributed by atoms with van der Waals surface area (Å²) in [6.07, 6.45) is -0.255. The van der Waals surface area contributed by atoms with E-state index in [0.29, 0.717) is 32.0 Å². The number of rotatable bonds is 3. The Balaban J connectivity index is 1.52. The molecule has 8 heteroatoms. The van der Waals surface area contributed by atoms with Gasteiger partial charge in [0.2, 0.25) is 5.91 Å². The topological polar surface area (TPSA) is 62.7 Å². The van der Waals surface area contributed by atoms with Gasteiger partial charge in [-0.3, -0.25) is 9.69 Å². The lowest BCUT2D eigenvalue weighted by Gasteiger charge is -2.35. The minimum atomic E-state index is -0.255. The maximum atomic E-state index is 12.2. The van der Waals surface area contributed by atoms with Crippen molar-refractivity contribution < 1.29 is 14.3 Å². The molecule has 0 aliphatic carbocycles. The van der Waals surface area contributed by atoms with Crippen LogP contribution >= 0.6 is 23.1 Å². The number of aromatic nitrogens is 1. The van der Waals surface area contributed by atoms with Crippen molar-refractivity contribution >= 4 is 35.1 Å². The van der Waals surface area contributed by atoms with Crippen LogP contribution in [-0.2, 0) is 9.53 Å². The third-order valence-electron chi connectivity index (χ3n) is 3.39. The maximum Gasteiger partial charge on any atom is 0.410 e. The van der Waals surface area contributed by atoms with Crippen molar-refractivity contribution in [2.45, 2.75) is 17.3 Å². The quantitative estimate of drug-likeness (QED) is 0.785. The number of fused-ring (bicyclic) bond motifs is 1. The molecular weight excluding hydrogens is 298 g/mol. The number of hydrogen-bond donors (Lipinski definition) is 0. The summed E-state index contributed by atoms with van der Waals surface area (Å²) in [7, 11) is 0. The van der Waals surface area contributed by atoms with Crippen LogP contribution in [0.25, 0.3) is 0 Å². The monoisotopic (exact) mass is 313 g/mol. The van der Waals surface area contributed by atoms with Gasteiger partial charge in [0, 0.05) is 30.7 Å². The summed E-state index contributed by atoms with van der Waals surface area (Å²) in [5, 5.41) is 1.98. The molecule has 0 aromatic carbocycles. The first-order chi connectivity index (χ1) is 9.63. The van der Waals surface area contributed by atoms with E-state index < -0.39 is 0 Å². The van der Waals surface area contributed by atoms with Gasteiger partial charge in [0.05, 0.1) is 11.8 Å². The third-order valence-corrected chi connectivity index (χ3v) is 5.51. The first kappa shape index (κ1) is 13.7. The Labute approximate surface area is 125 Å². The molecule has 2 aliphatic heterocycles. The number of carbonyl (C=O) groups is 2. The van der Waals surface area contributed by atoms with Crippen molar-refractivity contribution in [3.8, 4) is 0 Å². The summed E-state index contributed by atoms with van der Waals surface area (Å²) in [4.78, 5) is 31.4. The maximum absolute atomic E-state index is 12.2. The smallest absolute Gasteiger partial charge is 0.410 e. The zero-order valence-corrected chi connectivity index (χ0v) is 12.7. The van der Waals surface area contributed by atoms with Gasteiger partial charge in [0.15, 0.2) is 4.34 Å². The molecule has 2 amide bonds. The van der Waals surface area contributed by atoms with Gasteiger partial charge in [-0.1, -0.05) is 11.8 Å². The van der Waals surface area contributed by atoms with E-state index in [9.17, 15) is 9.59 Å². The largest absolute Gasteiger partial charge is 0.447 e. The van der Waals surface area contributed by atoms with Gasteiger partial charge in [-0.2, -0.15) is 0 Å². The zero-order chi connectivity index (χ0) is 14.1. The van der Waals surface area contributed by atoms with Crippen LogP contribution in [0.2, 0.25) is 0 Å². The molecule has 0 radical (unpaired) electrons. The van der Waals surface area contributed by atoms with Crippen LogP contribution in [0.4, 0.5) is 4.79 Å². The fourth-order valence-electron chi connectivity index (χ4n) is 2.33. The van der Waals surface area contributed by atoms with Crippen LogP contribution in [0.3, 0.4) is 0 Å².